The van der Waals surface area contributed by atoms with Gasteiger partial charge in [-0.3, -0.25) is 0 Å². The lowest BCUT2D eigenvalue weighted by molar-refractivity contribution is 0.173. The quantitative estimate of drug-likeness (QED) is 0.685. The normalized spacial score (nSPS) is 38.3. The molecule has 3 N–H and O–H groups in total. The zero-order valence-corrected chi connectivity index (χ0v) is 9.14. The Kier molecular flexibility index (Phi) is 3.03. The smallest absolute Gasteiger partial charge is 0.0504 e. The Labute approximate surface area is 81.5 Å². The molecule has 0 aliphatic heterocycles. The third-order valence-electron chi connectivity index (χ3n) is 3.85. The van der Waals surface area contributed by atoms with Gasteiger partial charge in [-0.1, -0.05) is 27.2 Å². The highest BCUT2D eigenvalue weighted by molar-refractivity contribution is 5.12. The number of aliphatic hydroxyl groups excluding tert-OH is 1. The first kappa shape index (κ1) is 11.0. The van der Waals surface area contributed by atoms with Crippen LogP contribution in [0.1, 0.15) is 40.0 Å². The molecule has 0 amide bonds. The molecule has 78 valence electrons. The Morgan fingerprint density at radius 1 is 1.46 bits per heavy atom. The van der Waals surface area contributed by atoms with Crippen molar-refractivity contribution in [1.29, 1.82) is 0 Å². The van der Waals surface area contributed by atoms with Crippen LogP contribution in [0.4, 0.5) is 0 Å². The summed E-state index contributed by atoms with van der Waals surface area (Å²) in [6.45, 7) is 7.65. The molecule has 1 fully saturated rings. The van der Waals surface area contributed by atoms with Gasteiger partial charge < -0.3 is 10.8 Å². The molecule has 2 atom stereocenters. The molecule has 1 rings (SSSR count). The Morgan fingerprint density at radius 3 is 2.38 bits per heavy atom. The zero-order valence-electron chi connectivity index (χ0n) is 9.14. The molecule has 0 spiro atoms. The van der Waals surface area contributed by atoms with E-state index in [1.165, 1.54) is 12.8 Å². The Morgan fingerprint density at radius 2 is 2.08 bits per heavy atom. The van der Waals surface area contributed by atoms with Crippen molar-refractivity contribution in [1.82, 2.24) is 0 Å². The van der Waals surface area contributed by atoms with Crippen molar-refractivity contribution >= 4 is 0 Å². The molecular weight excluding hydrogens is 162 g/mol. The van der Waals surface area contributed by atoms with Crippen LogP contribution < -0.4 is 5.73 Å². The summed E-state index contributed by atoms with van der Waals surface area (Å²) in [5.41, 5.74) is 6.08. The molecule has 0 radical (unpaired) electrons. The van der Waals surface area contributed by atoms with Gasteiger partial charge in [-0.05, 0) is 24.2 Å². The third kappa shape index (κ3) is 1.89. The molecule has 0 saturated heterocycles. The average molecular weight is 185 g/mol. The van der Waals surface area contributed by atoms with Crippen LogP contribution in [0.3, 0.4) is 0 Å². The van der Waals surface area contributed by atoms with Crippen molar-refractivity contribution < 1.29 is 5.11 Å². The standard InChI is InChI=1S/C11H23NO/c1-9(2)4-5-10(3)6-11(10,7-12)8-13/h9,13H,4-8,12H2,1-3H3. The summed E-state index contributed by atoms with van der Waals surface area (Å²) in [6.07, 6.45) is 3.57. The lowest BCUT2D eigenvalue weighted by Gasteiger charge is -2.19. The van der Waals surface area contributed by atoms with E-state index in [4.69, 9.17) is 5.73 Å². The van der Waals surface area contributed by atoms with Crippen molar-refractivity contribution in [3.05, 3.63) is 0 Å². The highest BCUT2D eigenvalue weighted by atomic mass is 16.3. The van der Waals surface area contributed by atoms with Gasteiger partial charge in [0.2, 0.25) is 0 Å². The van der Waals surface area contributed by atoms with Crippen LogP contribution in [0.5, 0.6) is 0 Å². The summed E-state index contributed by atoms with van der Waals surface area (Å²) in [7, 11) is 0. The van der Waals surface area contributed by atoms with Crippen LogP contribution in [-0.4, -0.2) is 18.3 Å². The third-order valence-corrected chi connectivity index (χ3v) is 3.85. The maximum atomic E-state index is 9.28. The van der Waals surface area contributed by atoms with Crippen molar-refractivity contribution in [3.63, 3.8) is 0 Å². The van der Waals surface area contributed by atoms with E-state index in [0.29, 0.717) is 12.0 Å². The van der Waals surface area contributed by atoms with E-state index in [9.17, 15) is 5.11 Å². The predicted molar refractivity (Wildman–Crippen MR) is 55.4 cm³/mol. The van der Waals surface area contributed by atoms with Gasteiger partial charge in [0.15, 0.2) is 0 Å². The molecule has 0 aromatic carbocycles. The first-order chi connectivity index (χ1) is 5.99. The molecule has 2 heteroatoms. The molecule has 0 aromatic rings. The van der Waals surface area contributed by atoms with Crippen LogP contribution in [-0.2, 0) is 0 Å². The van der Waals surface area contributed by atoms with Gasteiger partial charge in [-0.25, -0.2) is 0 Å². The summed E-state index contributed by atoms with van der Waals surface area (Å²) in [5.74, 6) is 0.756. The van der Waals surface area contributed by atoms with Crippen molar-refractivity contribution in [3.8, 4) is 0 Å². The molecule has 1 aliphatic rings. The minimum absolute atomic E-state index is 0.0574. The highest BCUT2D eigenvalue weighted by Gasteiger charge is 2.61. The first-order valence-electron chi connectivity index (χ1n) is 5.31. The lowest BCUT2D eigenvalue weighted by Crippen LogP contribution is -2.26. The van der Waals surface area contributed by atoms with Crippen LogP contribution in [0.25, 0.3) is 0 Å². The van der Waals surface area contributed by atoms with E-state index < -0.39 is 0 Å². The molecule has 1 aliphatic carbocycles. The maximum absolute atomic E-state index is 9.28. The second-order valence-corrected chi connectivity index (χ2v) is 5.31. The van der Waals surface area contributed by atoms with Crippen molar-refractivity contribution in [2.75, 3.05) is 13.2 Å². The summed E-state index contributed by atoms with van der Waals surface area (Å²) in [6, 6.07) is 0. The SMILES string of the molecule is CC(C)CCC1(C)CC1(CN)CO. The highest BCUT2D eigenvalue weighted by Crippen LogP contribution is 2.65. The fourth-order valence-corrected chi connectivity index (χ4v) is 2.29. The van der Waals surface area contributed by atoms with Gasteiger partial charge >= 0.3 is 0 Å². The second-order valence-electron chi connectivity index (χ2n) is 5.31. The van der Waals surface area contributed by atoms with Gasteiger partial charge in [0, 0.05) is 12.0 Å². The molecular formula is C11H23NO. The van der Waals surface area contributed by atoms with E-state index in [1.54, 1.807) is 0 Å². The van der Waals surface area contributed by atoms with Gasteiger partial charge in [0.25, 0.3) is 0 Å². The van der Waals surface area contributed by atoms with Gasteiger partial charge in [-0.2, -0.15) is 0 Å². The lowest BCUT2D eigenvalue weighted by atomic mass is 9.88. The average Bonchev–Trinajstić information content (AvgIpc) is 2.70. The Bertz CT molecular complexity index is 175. The Hall–Kier alpha value is -0.0800. The first-order valence-corrected chi connectivity index (χ1v) is 5.31. The number of hydrogen-bond acceptors (Lipinski definition) is 2. The number of aliphatic hydroxyl groups is 1. The summed E-state index contributed by atoms with van der Waals surface area (Å²) < 4.78 is 0. The number of rotatable bonds is 5. The predicted octanol–water partition coefficient (Wildman–Crippen LogP) is 1.77. The maximum Gasteiger partial charge on any atom is 0.0504 e. The van der Waals surface area contributed by atoms with Crippen molar-refractivity contribution in [2.45, 2.75) is 40.0 Å². The van der Waals surface area contributed by atoms with Gasteiger partial charge in [-0.15, -0.1) is 0 Å². The van der Waals surface area contributed by atoms with Gasteiger partial charge in [0.05, 0.1) is 6.61 Å². The number of hydrogen-bond donors (Lipinski definition) is 2. The topological polar surface area (TPSA) is 46.2 Å². The fourth-order valence-electron chi connectivity index (χ4n) is 2.29. The summed E-state index contributed by atoms with van der Waals surface area (Å²) >= 11 is 0. The molecule has 1 saturated carbocycles. The fraction of sp³-hybridized carbons (Fsp3) is 1.00. The van der Waals surface area contributed by atoms with E-state index in [2.05, 4.69) is 20.8 Å². The number of nitrogens with two attached hydrogens (primary N) is 1. The molecule has 13 heavy (non-hydrogen) atoms. The molecule has 2 unspecified atom stereocenters. The van der Waals surface area contributed by atoms with Gasteiger partial charge in [0.1, 0.15) is 0 Å². The molecule has 0 heterocycles. The molecule has 0 bridgehead atoms. The van der Waals surface area contributed by atoms with Crippen molar-refractivity contribution in [2.24, 2.45) is 22.5 Å². The van der Waals surface area contributed by atoms with Crippen LogP contribution in [0.2, 0.25) is 0 Å². The Balaban J connectivity index is 2.43. The van der Waals surface area contributed by atoms with E-state index in [-0.39, 0.29) is 12.0 Å². The van der Waals surface area contributed by atoms with E-state index >= 15 is 0 Å². The monoisotopic (exact) mass is 185 g/mol. The molecule has 0 aromatic heterocycles. The summed E-state index contributed by atoms with van der Waals surface area (Å²) in [5, 5.41) is 9.28. The van der Waals surface area contributed by atoms with E-state index in [1.807, 2.05) is 0 Å². The zero-order chi connectivity index (χ0) is 10.1. The van der Waals surface area contributed by atoms with E-state index in [0.717, 1.165) is 12.3 Å². The molecule has 2 nitrogen and oxygen atoms in total. The summed E-state index contributed by atoms with van der Waals surface area (Å²) in [4.78, 5) is 0. The second kappa shape index (κ2) is 3.58. The van der Waals surface area contributed by atoms with Crippen LogP contribution in [0.15, 0.2) is 0 Å². The largest absolute Gasteiger partial charge is 0.396 e. The van der Waals surface area contributed by atoms with Crippen LogP contribution in [0, 0.1) is 16.7 Å². The minimum Gasteiger partial charge on any atom is -0.396 e. The minimum atomic E-state index is 0.0574. The van der Waals surface area contributed by atoms with Crippen LogP contribution >= 0.6 is 0 Å².